The average Bonchev–Trinajstić information content (AvgIpc) is 2.80. The van der Waals surface area contributed by atoms with Gasteiger partial charge in [-0.1, -0.05) is 0 Å². The standard InChI is InChI=1S/C15H28N2O3.ClH/c1-4-19-7-8-20-11(2)15(18)17(3)14-9-12-5-6-13(10-14)16-12;/h11-14,16H,4-10H2,1-3H3;1H. The molecule has 124 valence electrons. The molecule has 2 rings (SSSR count). The van der Waals surface area contributed by atoms with E-state index in [9.17, 15) is 4.79 Å². The number of carbonyl (C=O) groups is 1. The first-order chi connectivity index (χ1) is 9.61. The number of halogens is 1. The van der Waals surface area contributed by atoms with E-state index in [2.05, 4.69) is 5.32 Å². The van der Waals surface area contributed by atoms with Gasteiger partial charge in [0.25, 0.3) is 5.91 Å². The molecule has 0 aromatic heterocycles. The highest BCUT2D eigenvalue weighted by Crippen LogP contribution is 2.29. The van der Waals surface area contributed by atoms with E-state index in [0.29, 0.717) is 37.9 Å². The topological polar surface area (TPSA) is 50.8 Å². The summed E-state index contributed by atoms with van der Waals surface area (Å²) in [6, 6.07) is 1.56. The van der Waals surface area contributed by atoms with Crippen LogP contribution < -0.4 is 5.32 Å². The van der Waals surface area contributed by atoms with Crippen LogP contribution in [0.5, 0.6) is 0 Å². The van der Waals surface area contributed by atoms with Gasteiger partial charge in [0.1, 0.15) is 6.10 Å². The summed E-state index contributed by atoms with van der Waals surface area (Å²) < 4.78 is 10.8. The fourth-order valence-corrected chi connectivity index (χ4v) is 3.31. The van der Waals surface area contributed by atoms with Crippen molar-refractivity contribution in [3.05, 3.63) is 0 Å². The minimum atomic E-state index is -0.381. The van der Waals surface area contributed by atoms with Crippen molar-refractivity contribution in [2.24, 2.45) is 0 Å². The van der Waals surface area contributed by atoms with Gasteiger partial charge in [0, 0.05) is 31.8 Å². The number of amides is 1. The van der Waals surface area contributed by atoms with Crippen molar-refractivity contribution < 1.29 is 14.3 Å². The highest BCUT2D eigenvalue weighted by atomic mass is 35.5. The van der Waals surface area contributed by atoms with Gasteiger partial charge in [0.15, 0.2) is 0 Å². The summed E-state index contributed by atoms with van der Waals surface area (Å²) >= 11 is 0. The smallest absolute Gasteiger partial charge is 0.251 e. The molecule has 0 aromatic rings. The molecule has 0 aromatic carbocycles. The molecule has 2 bridgehead atoms. The van der Waals surface area contributed by atoms with E-state index >= 15 is 0 Å². The van der Waals surface area contributed by atoms with Gasteiger partial charge in [-0.3, -0.25) is 4.79 Å². The van der Waals surface area contributed by atoms with Gasteiger partial charge in [-0.2, -0.15) is 0 Å². The van der Waals surface area contributed by atoms with Gasteiger partial charge in [0.2, 0.25) is 0 Å². The molecule has 21 heavy (non-hydrogen) atoms. The SMILES string of the molecule is CCOCCOC(C)C(=O)N(C)C1CC2CCC(C1)N2.Cl. The van der Waals surface area contributed by atoms with Crippen molar-refractivity contribution in [1.29, 1.82) is 0 Å². The Morgan fingerprint density at radius 1 is 1.29 bits per heavy atom. The number of nitrogens with one attached hydrogen (secondary N) is 1. The molecular formula is C15H29ClN2O3. The molecule has 2 aliphatic heterocycles. The number of likely N-dealkylation sites (N-methyl/N-ethyl adjacent to an activating group) is 1. The molecule has 0 radical (unpaired) electrons. The molecule has 1 amide bonds. The minimum absolute atomic E-state index is 0. The summed E-state index contributed by atoms with van der Waals surface area (Å²) in [7, 11) is 1.92. The number of piperidine rings is 1. The summed E-state index contributed by atoms with van der Waals surface area (Å²) in [5.74, 6) is 0.0906. The fourth-order valence-electron chi connectivity index (χ4n) is 3.31. The predicted molar refractivity (Wildman–Crippen MR) is 84.9 cm³/mol. The first kappa shape index (κ1) is 18.7. The third kappa shape index (κ3) is 5.09. The zero-order valence-corrected chi connectivity index (χ0v) is 14.2. The normalized spacial score (nSPS) is 28.8. The molecule has 0 aliphatic carbocycles. The number of fused-ring (bicyclic) bond motifs is 2. The average molecular weight is 321 g/mol. The molecule has 0 saturated carbocycles. The lowest BCUT2D eigenvalue weighted by molar-refractivity contribution is -0.145. The Balaban J connectivity index is 0.00000220. The molecular weight excluding hydrogens is 292 g/mol. The second-order valence-corrected chi connectivity index (χ2v) is 5.92. The highest BCUT2D eigenvalue weighted by Gasteiger charge is 2.37. The van der Waals surface area contributed by atoms with Crippen molar-refractivity contribution in [3.63, 3.8) is 0 Å². The van der Waals surface area contributed by atoms with Crippen molar-refractivity contribution in [1.82, 2.24) is 10.2 Å². The van der Waals surface area contributed by atoms with Crippen LogP contribution in [-0.4, -0.2) is 61.9 Å². The van der Waals surface area contributed by atoms with Gasteiger partial charge < -0.3 is 19.7 Å². The Morgan fingerprint density at radius 3 is 2.48 bits per heavy atom. The number of nitrogens with zero attached hydrogens (tertiary/aromatic N) is 1. The Kier molecular flexibility index (Phi) is 7.95. The van der Waals surface area contributed by atoms with Crippen molar-refractivity contribution >= 4 is 18.3 Å². The van der Waals surface area contributed by atoms with Crippen LogP contribution in [0.15, 0.2) is 0 Å². The third-order valence-corrected chi connectivity index (χ3v) is 4.49. The van der Waals surface area contributed by atoms with Gasteiger partial charge >= 0.3 is 0 Å². The van der Waals surface area contributed by atoms with E-state index in [-0.39, 0.29) is 24.4 Å². The van der Waals surface area contributed by atoms with Crippen molar-refractivity contribution in [3.8, 4) is 0 Å². The third-order valence-electron chi connectivity index (χ3n) is 4.49. The number of carbonyl (C=O) groups excluding carboxylic acids is 1. The summed E-state index contributed by atoms with van der Waals surface area (Å²) in [6.07, 6.45) is 4.27. The Bertz CT molecular complexity index is 318. The van der Waals surface area contributed by atoms with E-state index in [1.165, 1.54) is 12.8 Å². The quantitative estimate of drug-likeness (QED) is 0.724. The molecule has 2 fully saturated rings. The van der Waals surface area contributed by atoms with Crippen LogP contribution in [0.2, 0.25) is 0 Å². The second kappa shape index (κ2) is 8.93. The van der Waals surface area contributed by atoms with Crippen LogP contribution >= 0.6 is 12.4 Å². The molecule has 2 aliphatic rings. The van der Waals surface area contributed by atoms with E-state index < -0.39 is 0 Å². The monoisotopic (exact) mass is 320 g/mol. The van der Waals surface area contributed by atoms with E-state index in [0.717, 1.165) is 12.8 Å². The van der Waals surface area contributed by atoms with E-state index in [4.69, 9.17) is 9.47 Å². The first-order valence-corrected chi connectivity index (χ1v) is 7.83. The van der Waals surface area contributed by atoms with E-state index in [1.807, 2.05) is 25.8 Å². The predicted octanol–water partition coefficient (Wildman–Crippen LogP) is 1.59. The Hall–Kier alpha value is -0.360. The number of hydrogen-bond donors (Lipinski definition) is 1. The Labute approximate surface area is 134 Å². The number of hydrogen-bond acceptors (Lipinski definition) is 4. The molecule has 6 heteroatoms. The summed E-state index contributed by atoms with van der Waals surface area (Å²) in [4.78, 5) is 14.3. The zero-order chi connectivity index (χ0) is 14.5. The number of ether oxygens (including phenoxy) is 2. The van der Waals surface area contributed by atoms with Crippen LogP contribution in [-0.2, 0) is 14.3 Å². The summed E-state index contributed by atoms with van der Waals surface area (Å²) in [5, 5.41) is 3.61. The van der Waals surface area contributed by atoms with Crippen LogP contribution in [0.4, 0.5) is 0 Å². The summed E-state index contributed by atoms with van der Waals surface area (Å²) in [5.41, 5.74) is 0. The van der Waals surface area contributed by atoms with Gasteiger partial charge in [-0.25, -0.2) is 0 Å². The fraction of sp³-hybridized carbons (Fsp3) is 0.933. The maximum atomic E-state index is 12.4. The molecule has 5 nitrogen and oxygen atoms in total. The largest absolute Gasteiger partial charge is 0.379 e. The van der Waals surface area contributed by atoms with Crippen LogP contribution in [0.3, 0.4) is 0 Å². The molecule has 3 unspecified atom stereocenters. The van der Waals surface area contributed by atoms with Crippen LogP contribution in [0.25, 0.3) is 0 Å². The molecule has 0 spiro atoms. The lowest BCUT2D eigenvalue weighted by atomic mass is 9.98. The molecule has 1 N–H and O–H groups in total. The first-order valence-electron chi connectivity index (χ1n) is 7.83. The van der Waals surface area contributed by atoms with Crippen molar-refractivity contribution in [2.45, 2.75) is 63.8 Å². The van der Waals surface area contributed by atoms with Gasteiger partial charge in [-0.05, 0) is 39.5 Å². The van der Waals surface area contributed by atoms with Crippen LogP contribution in [0.1, 0.15) is 39.5 Å². The maximum absolute atomic E-state index is 12.4. The maximum Gasteiger partial charge on any atom is 0.251 e. The van der Waals surface area contributed by atoms with Gasteiger partial charge in [-0.15, -0.1) is 12.4 Å². The van der Waals surface area contributed by atoms with E-state index in [1.54, 1.807) is 0 Å². The molecule has 3 atom stereocenters. The van der Waals surface area contributed by atoms with Crippen LogP contribution in [0, 0.1) is 0 Å². The van der Waals surface area contributed by atoms with Gasteiger partial charge in [0.05, 0.1) is 13.2 Å². The lowest BCUT2D eigenvalue weighted by Gasteiger charge is -2.36. The zero-order valence-electron chi connectivity index (χ0n) is 13.3. The second-order valence-electron chi connectivity index (χ2n) is 5.92. The Morgan fingerprint density at radius 2 is 1.90 bits per heavy atom. The summed E-state index contributed by atoms with van der Waals surface area (Å²) in [6.45, 7) is 5.50. The molecule has 2 saturated heterocycles. The number of rotatable bonds is 7. The molecule has 2 heterocycles. The highest BCUT2D eigenvalue weighted by molar-refractivity contribution is 5.85. The lowest BCUT2D eigenvalue weighted by Crippen LogP contribution is -2.51. The minimum Gasteiger partial charge on any atom is -0.379 e. The van der Waals surface area contributed by atoms with Crippen molar-refractivity contribution in [2.75, 3.05) is 26.9 Å².